The van der Waals surface area contributed by atoms with Gasteiger partial charge in [0.25, 0.3) is 5.91 Å². The number of amides is 2. The number of rotatable bonds is 4. The average Bonchev–Trinajstić information content (AvgIpc) is 2.85. The zero-order valence-electron chi connectivity index (χ0n) is 10.9. The number of carbonyl (C=O) groups excluding carboxylic acids is 2. The SMILES string of the molecule is O=C(CNC(=O)c1ccc(Br)o1)N[C@H]1CCCC[C@@H]1O. The molecule has 0 aliphatic heterocycles. The second-order valence-electron chi connectivity index (χ2n) is 4.81. The molecule has 0 radical (unpaired) electrons. The monoisotopic (exact) mass is 344 g/mol. The van der Waals surface area contributed by atoms with Crippen molar-refractivity contribution in [2.75, 3.05) is 6.54 Å². The van der Waals surface area contributed by atoms with Crippen molar-refractivity contribution in [1.29, 1.82) is 0 Å². The van der Waals surface area contributed by atoms with Gasteiger partial charge in [0.2, 0.25) is 5.91 Å². The fourth-order valence-corrected chi connectivity index (χ4v) is 2.53. The molecular formula is C13H17BrN2O4. The average molecular weight is 345 g/mol. The van der Waals surface area contributed by atoms with Crippen LogP contribution in [0.5, 0.6) is 0 Å². The van der Waals surface area contributed by atoms with Crippen LogP contribution in [0.4, 0.5) is 0 Å². The molecule has 20 heavy (non-hydrogen) atoms. The Kier molecular flexibility index (Phi) is 5.19. The highest BCUT2D eigenvalue weighted by atomic mass is 79.9. The summed E-state index contributed by atoms with van der Waals surface area (Å²) >= 11 is 3.10. The van der Waals surface area contributed by atoms with Crippen LogP contribution in [0.25, 0.3) is 0 Å². The van der Waals surface area contributed by atoms with E-state index in [-0.39, 0.29) is 24.3 Å². The quantitative estimate of drug-likeness (QED) is 0.765. The Morgan fingerprint density at radius 2 is 2.10 bits per heavy atom. The zero-order chi connectivity index (χ0) is 14.5. The molecule has 1 aliphatic carbocycles. The van der Waals surface area contributed by atoms with Gasteiger partial charge in [0, 0.05) is 0 Å². The first kappa shape index (κ1) is 15.1. The van der Waals surface area contributed by atoms with Gasteiger partial charge in [-0.25, -0.2) is 0 Å². The Bertz CT molecular complexity index is 488. The molecule has 0 bridgehead atoms. The van der Waals surface area contributed by atoms with Crippen molar-refractivity contribution in [1.82, 2.24) is 10.6 Å². The summed E-state index contributed by atoms with van der Waals surface area (Å²) in [4.78, 5) is 23.4. The second-order valence-corrected chi connectivity index (χ2v) is 5.59. The van der Waals surface area contributed by atoms with Crippen molar-refractivity contribution in [2.45, 2.75) is 37.8 Å². The van der Waals surface area contributed by atoms with Crippen LogP contribution in [-0.2, 0) is 4.79 Å². The molecule has 110 valence electrons. The predicted molar refractivity (Wildman–Crippen MR) is 75.1 cm³/mol. The normalized spacial score (nSPS) is 22.3. The van der Waals surface area contributed by atoms with Crippen molar-refractivity contribution < 1.29 is 19.1 Å². The van der Waals surface area contributed by atoms with Gasteiger partial charge in [-0.05, 0) is 40.9 Å². The third-order valence-corrected chi connectivity index (χ3v) is 3.71. The van der Waals surface area contributed by atoms with Crippen LogP contribution in [-0.4, -0.2) is 35.6 Å². The molecule has 0 aromatic carbocycles. The Balaban J connectivity index is 1.76. The zero-order valence-corrected chi connectivity index (χ0v) is 12.5. The topological polar surface area (TPSA) is 91.6 Å². The molecule has 0 unspecified atom stereocenters. The summed E-state index contributed by atoms with van der Waals surface area (Å²) in [6.07, 6.45) is 2.96. The number of halogens is 1. The lowest BCUT2D eigenvalue weighted by molar-refractivity contribution is -0.122. The van der Waals surface area contributed by atoms with Crippen LogP contribution in [0.2, 0.25) is 0 Å². The minimum Gasteiger partial charge on any atom is -0.444 e. The van der Waals surface area contributed by atoms with Crippen LogP contribution in [0, 0.1) is 0 Å². The summed E-state index contributed by atoms with van der Waals surface area (Å²) in [5.74, 6) is -0.618. The number of hydrogen-bond acceptors (Lipinski definition) is 4. The third-order valence-electron chi connectivity index (χ3n) is 3.28. The summed E-state index contributed by atoms with van der Waals surface area (Å²) in [6, 6.07) is 2.90. The van der Waals surface area contributed by atoms with Gasteiger partial charge < -0.3 is 20.2 Å². The van der Waals surface area contributed by atoms with E-state index in [1.807, 2.05) is 0 Å². The highest BCUT2D eigenvalue weighted by Gasteiger charge is 2.24. The molecule has 1 saturated carbocycles. The number of furan rings is 1. The van der Waals surface area contributed by atoms with Crippen molar-refractivity contribution in [3.05, 3.63) is 22.6 Å². The number of aliphatic hydroxyl groups excluding tert-OH is 1. The Morgan fingerprint density at radius 1 is 1.35 bits per heavy atom. The lowest BCUT2D eigenvalue weighted by Gasteiger charge is -2.28. The maximum absolute atomic E-state index is 11.7. The van der Waals surface area contributed by atoms with Crippen LogP contribution < -0.4 is 10.6 Å². The number of carbonyl (C=O) groups is 2. The predicted octanol–water partition coefficient (Wildman–Crippen LogP) is 1.19. The highest BCUT2D eigenvalue weighted by molar-refractivity contribution is 9.10. The van der Waals surface area contributed by atoms with E-state index >= 15 is 0 Å². The fraction of sp³-hybridized carbons (Fsp3) is 0.538. The largest absolute Gasteiger partial charge is 0.444 e. The van der Waals surface area contributed by atoms with Gasteiger partial charge in [0.15, 0.2) is 10.4 Å². The van der Waals surface area contributed by atoms with Gasteiger partial charge >= 0.3 is 0 Å². The molecule has 0 saturated heterocycles. The smallest absolute Gasteiger partial charge is 0.287 e. The molecular weight excluding hydrogens is 328 g/mol. The van der Waals surface area contributed by atoms with E-state index in [4.69, 9.17) is 4.42 Å². The van der Waals surface area contributed by atoms with Crippen LogP contribution >= 0.6 is 15.9 Å². The minimum absolute atomic E-state index is 0.139. The van der Waals surface area contributed by atoms with Gasteiger partial charge in [0.05, 0.1) is 18.7 Å². The molecule has 2 rings (SSSR count). The van der Waals surface area contributed by atoms with Gasteiger partial charge in [-0.1, -0.05) is 12.8 Å². The van der Waals surface area contributed by atoms with E-state index in [1.54, 1.807) is 6.07 Å². The second kappa shape index (κ2) is 6.90. The Labute approximate surface area is 125 Å². The highest BCUT2D eigenvalue weighted by Crippen LogP contribution is 2.18. The molecule has 1 fully saturated rings. The molecule has 1 heterocycles. The van der Waals surface area contributed by atoms with Gasteiger partial charge in [-0.2, -0.15) is 0 Å². The van der Waals surface area contributed by atoms with Crippen LogP contribution in [0.15, 0.2) is 21.2 Å². The summed E-state index contributed by atoms with van der Waals surface area (Å²) < 4.78 is 5.53. The molecule has 3 N–H and O–H groups in total. The fourth-order valence-electron chi connectivity index (χ4n) is 2.22. The lowest BCUT2D eigenvalue weighted by Crippen LogP contribution is -2.48. The number of hydrogen-bond donors (Lipinski definition) is 3. The lowest BCUT2D eigenvalue weighted by atomic mass is 9.92. The summed E-state index contributed by atoms with van der Waals surface area (Å²) in [5.41, 5.74) is 0. The molecule has 2 atom stereocenters. The maximum Gasteiger partial charge on any atom is 0.287 e. The number of nitrogens with one attached hydrogen (secondary N) is 2. The molecule has 1 aliphatic rings. The molecule has 1 aromatic heterocycles. The maximum atomic E-state index is 11.7. The van der Waals surface area contributed by atoms with E-state index < -0.39 is 12.0 Å². The van der Waals surface area contributed by atoms with Crippen LogP contribution in [0.3, 0.4) is 0 Å². The van der Waals surface area contributed by atoms with E-state index in [0.29, 0.717) is 11.1 Å². The first-order chi connectivity index (χ1) is 9.56. The van der Waals surface area contributed by atoms with E-state index in [0.717, 1.165) is 19.3 Å². The van der Waals surface area contributed by atoms with E-state index in [1.165, 1.54) is 6.07 Å². The summed E-state index contributed by atoms with van der Waals surface area (Å²) in [7, 11) is 0. The standard InChI is InChI=1S/C13H17BrN2O4/c14-11-6-5-10(20-11)13(19)15-7-12(18)16-8-3-1-2-4-9(8)17/h5-6,8-9,17H,1-4,7H2,(H,15,19)(H,16,18)/t8-,9-/m0/s1. The Hall–Kier alpha value is -1.34. The van der Waals surface area contributed by atoms with Crippen molar-refractivity contribution >= 4 is 27.7 Å². The van der Waals surface area contributed by atoms with E-state index in [9.17, 15) is 14.7 Å². The van der Waals surface area contributed by atoms with E-state index in [2.05, 4.69) is 26.6 Å². The first-order valence-corrected chi connectivity index (χ1v) is 7.36. The molecule has 2 amide bonds. The first-order valence-electron chi connectivity index (χ1n) is 6.57. The summed E-state index contributed by atoms with van der Waals surface area (Å²) in [5, 5.41) is 15.0. The van der Waals surface area contributed by atoms with Crippen molar-refractivity contribution in [3.8, 4) is 0 Å². The molecule has 6 nitrogen and oxygen atoms in total. The Morgan fingerprint density at radius 3 is 2.75 bits per heavy atom. The summed E-state index contributed by atoms with van der Waals surface area (Å²) in [6.45, 7) is -0.139. The van der Waals surface area contributed by atoms with Gasteiger partial charge in [0.1, 0.15) is 0 Å². The van der Waals surface area contributed by atoms with Crippen molar-refractivity contribution in [2.24, 2.45) is 0 Å². The van der Waals surface area contributed by atoms with Crippen LogP contribution in [0.1, 0.15) is 36.2 Å². The third kappa shape index (κ3) is 4.08. The number of aliphatic hydroxyl groups is 1. The van der Waals surface area contributed by atoms with Gasteiger partial charge in [-0.15, -0.1) is 0 Å². The molecule has 1 aromatic rings. The minimum atomic E-state index is -0.496. The van der Waals surface area contributed by atoms with Gasteiger partial charge in [-0.3, -0.25) is 9.59 Å². The molecule has 7 heteroatoms. The molecule has 0 spiro atoms. The van der Waals surface area contributed by atoms with Crippen molar-refractivity contribution in [3.63, 3.8) is 0 Å².